The zero-order valence-electron chi connectivity index (χ0n) is 8.16. The molecule has 0 aromatic heterocycles. The van der Waals surface area contributed by atoms with Crippen molar-refractivity contribution in [3.8, 4) is 0 Å². The van der Waals surface area contributed by atoms with Crippen molar-refractivity contribution in [3.63, 3.8) is 0 Å². The summed E-state index contributed by atoms with van der Waals surface area (Å²) in [5.41, 5.74) is -1.64. The predicted molar refractivity (Wildman–Crippen MR) is 45.9 cm³/mol. The van der Waals surface area contributed by atoms with Gasteiger partial charge in [-0.1, -0.05) is 6.92 Å². The van der Waals surface area contributed by atoms with Crippen LogP contribution in [0.3, 0.4) is 0 Å². The number of hydrogen-bond acceptors (Lipinski definition) is 3. The molecular formula is C9H18O3. The summed E-state index contributed by atoms with van der Waals surface area (Å²) in [5.74, 6) is 0. The van der Waals surface area contributed by atoms with E-state index in [1.165, 1.54) is 0 Å². The maximum absolute atomic E-state index is 9.76. The lowest BCUT2D eigenvalue weighted by atomic mass is 9.91. The Morgan fingerprint density at radius 2 is 1.67 bits per heavy atom. The molecule has 1 aliphatic rings. The summed E-state index contributed by atoms with van der Waals surface area (Å²) in [6.07, 6.45) is 0.222. The lowest BCUT2D eigenvalue weighted by Gasteiger charge is -2.21. The van der Waals surface area contributed by atoms with Gasteiger partial charge in [-0.2, -0.15) is 0 Å². The largest absolute Gasteiger partial charge is 0.388 e. The maximum atomic E-state index is 9.76. The molecule has 0 saturated carbocycles. The van der Waals surface area contributed by atoms with Gasteiger partial charge in [-0.25, -0.2) is 0 Å². The van der Waals surface area contributed by atoms with Gasteiger partial charge >= 0.3 is 0 Å². The Hall–Kier alpha value is -0.120. The molecule has 1 saturated heterocycles. The summed E-state index contributed by atoms with van der Waals surface area (Å²) < 4.78 is 5.24. The second-order valence-corrected chi connectivity index (χ2v) is 4.34. The molecule has 0 aromatic rings. The van der Waals surface area contributed by atoms with Gasteiger partial charge in [-0.3, -0.25) is 0 Å². The highest BCUT2D eigenvalue weighted by molar-refractivity contribution is 5.04. The molecule has 0 radical (unpaired) electrons. The topological polar surface area (TPSA) is 53.0 Å². The highest BCUT2D eigenvalue weighted by atomic mass is 16.6. The number of aliphatic hydroxyl groups is 2. The van der Waals surface area contributed by atoms with Gasteiger partial charge < -0.3 is 14.9 Å². The second-order valence-electron chi connectivity index (χ2n) is 4.34. The first kappa shape index (κ1) is 9.96. The SMILES string of the molecule is CCC(C)(O)[C@H]1O[C@@H]1C(C)(C)O. The van der Waals surface area contributed by atoms with E-state index >= 15 is 0 Å². The molecule has 1 aliphatic heterocycles. The quantitative estimate of drug-likeness (QED) is 0.619. The first-order chi connectivity index (χ1) is 5.29. The first-order valence-corrected chi connectivity index (χ1v) is 4.39. The Balaban J connectivity index is 2.53. The number of ether oxygens (including phenoxy) is 1. The fourth-order valence-electron chi connectivity index (χ4n) is 1.32. The molecule has 0 amide bonds. The summed E-state index contributed by atoms with van der Waals surface area (Å²) in [7, 11) is 0. The van der Waals surface area contributed by atoms with Crippen LogP contribution in [0, 0.1) is 0 Å². The van der Waals surface area contributed by atoms with Crippen LogP contribution in [0.2, 0.25) is 0 Å². The van der Waals surface area contributed by atoms with Crippen molar-refractivity contribution in [1.29, 1.82) is 0 Å². The number of rotatable bonds is 3. The van der Waals surface area contributed by atoms with Crippen LogP contribution in [0.1, 0.15) is 34.1 Å². The van der Waals surface area contributed by atoms with Gasteiger partial charge in [0.15, 0.2) is 0 Å². The second kappa shape index (κ2) is 2.69. The summed E-state index contributed by atoms with van der Waals surface area (Å²) >= 11 is 0. The zero-order chi connectivity index (χ0) is 9.57. The molecule has 72 valence electrons. The van der Waals surface area contributed by atoms with Gasteiger partial charge in [0.05, 0.1) is 11.2 Å². The van der Waals surface area contributed by atoms with Crippen LogP contribution in [-0.2, 0) is 4.74 Å². The van der Waals surface area contributed by atoms with Crippen molar-refractivity contribution in [3.05, 3.63) is 0 Å². The summed E-state index contributed by atoms with van der Waals surface area (Å²) in [6, 6.07) is 0. The molecule has 0 spiro atoms. The molecule has 1 unspecified atom stereocenters. The molecule has 0 aromatic carbocycles. The zero-order valence-corrected chi connectivity index (χ0v) is 8.16. The van der Waals surface area contributed by atoms with Gasteiger partial charge in [0.25, 0.3) is 0 Å². The van der Waals surface area contributed by atoms with Crippen molar-refractivity contribution in [2.24, 2.45) is 0 Å². The van der Waals surface area contributed by atoms with Crippen molar-refractivity contribution < 1.29 is 14.9 Å². The van der Waals surface area contributed by atoms with Crippen LogP contribution in [0.5, 0.6) is 0 Å². The van der Waals surface area contributed by atoms with E-state index < -0.39 is 11.2 Å². The van der Waals surface area contributed by atoms with Crippen LogP contribution in [0.25, 0.3) is 0 Å². The first-order valence-electron chi connectivity index (χ1n) is 4.39. The van der Waals surface area contributed by atoms with Gasteiger partial charge in [0, 0.05) is 0 Å². The van der Waals surface area contributed by atoms with Crippen LogP contribution in [0.15, 0.2) is 0 Å². The fraction of sp³-hybridized carbons (Fsp3) is 1.00. The molecule has 1 heterocycles. The van der Waals surface area contributed by atoms with Crippen LogP contribution >= 0.6 is 0 Å². The minimum absolute atomic E-state index is 0.206. The third-order valence-electron chi connectivity index (χ3n) is 2.52. The van der Waals surface area contributed by atoms with E-state index in [0.29, 0.717) is 6.42 Å². The molecule has 1 rings (SSSR count). The van der Waals surface area contributed by atoms with Gasteiger partial charge in [0.1, 0.15) is 12.2 Å². The van der Waals surface area contributed by atoms with E-state index in [9.17, 15) is 10.2 Å². The maximum Gasteiger partial charge on any atom is 0.115 e. The minimum atomic E-state index is -0.843. The molecule has 1 fully saturated rings. The Labute approximate surface area is 73.4 Å². The lowest BCUT2D eigenvalue weighted by Crippen LogP contribution is -2.37. The lowest BCUT2D eigenvalue weighted by molar-refractivity contribution is 0.0249. The normalized spacial score (nSPS) is 34.5. The van der Waals surface area contributed by atoms with E-state index in [1.807, 2.05) is 6.92 Å². The Morgan fingerprint density at radius 3 is 1.92 bits per heavy atom. The Bertz CT molecular complexity index is 169. The third-order valence-corrected chi connectivity index (χ3v) is 2.52. The molecule has 12 heavy (non-hydrogen) atoms. The van der Waals surface area contributed by atoms with Crippen molar-refractivity contribution in [2.45, 2.75) is 57.5 Å². The van der Waals surface area contributed by atoms with Crippen LogP contribution in [-0.4, -0.2) is 33.6 Å². The Kier molecular flexibility index (Phi) is 2.23. The standard InChI is InChI=1S/C9H18O3/c1-5-9(4,11)7-6(12-7)8(2,3)10/h6-7,10-11H,5H2,1-4H3/t6-,7-,9?/m0/s1. The third kappa shape index (κ3) is 1.79. The van der Waals surface area contributed by atoms with E-state index in [4.69, 9.17) is 4.74 Å². The monoisotopic (exact) mass is 174 g/mol. The smallest absolute Gasteiger partial charge is 0.115 e. The average Bonchev–Trinajstić information content (AvgIpc) is 2.63. The van der Waals surface area contributed by atoms with Crippen molar-refractivity contribution in [2.75, 3.05) is 0 Å². The van der Waals surface area contributed by atoms with Crippen molar-refractivity contribution in [1.82, 2.24) is 0 Å². The van der Waals surface area contributed by atoms with Gasteiger partial charge in [0.2, 0.25) is 0 Å². The van der Waals surface area contributed by atoms with E-state index in [0.717, 1.165) is 0 Å². The average molecular weight is 174 g/mol. The molecule has 3 heteroatoms. The highest BCUT2D eigenvalue weighted by Crippen LogP contribution is 2.40. The van der Waals surface area contributed by atoms with E-state index in [2.05, 4.69) is 0 Å². The number of epoxide rings is 1. The minimum Gasteiger partial charge on any atom is -0.388 e. The molecule has 3 nitrogen and oxygen atoms in total. The van der Waals surface area contributed by atoms with E-state index in [1.54, 1.807) is 20.8 Å². The molecule has 0 bridgehead atoms. The number of hydrogen-bond donors (Lipinski definition) is 2. The van der Waals surface area contributed by atoms with Crippen LogP contribution in [0.4, 0.5) is 0 Å². The van der Waals surface area contributed by atoms with E-state index in [-0.39, 0.29) is 12.2 Å². The fourth-order valence-corrected chi connectivity index (χ4v) is 1.32. The Morgan fingerprint density at radius 1 is 1.17 bits per heavy atom. The predicted octanol–water partition coefficient (Wildman–Crippen LogP) is 0.686. The summed E-state index contributed by atoms with van der Waals surface area (Å²) in [5, 5.41) is 19.3. The molecule has 2 N–H and O–H groups in total. The highest BCUT2D eigenvalue weighted by Gasteiger charge is 2.56. The van der Waals surface area contributed by atoms with Crippen molar-refractivity contribution >= 4 is 0 Å². The van der Waals surface area contributed by atoms with Crippen LogP contribution < -0.4 is 0 Å². The molecular weight excluding hydrogens is 156 g/mol. The summed E-state index contributed by atoms with van der Waals surface area (Å²) in [6.45, 7) is 7.04. The van der Waals surface area contributed by atoms with Gasteiger partial charge in [-0.15, -0.1) is 0 Å². The van der Waals surface area contributed by atoms with Gasteiger partial charge in [-0.05, 0) is 27.2 Å². The summed E-state index contributed by atoms with van der Waals surface area (Å²) in [4.78, 5) is 0. The molecule has 3 atom stereocenters. The molecule has 0 aliphatic carbocycles.